The number of hydrogen-bond acceptors (Lipinski definition) is 2. The Labute approximate surface area is 138 Å². The van der Waals surface area contributed by atoms with E-state index in [0.717, 1.165) is 17.5 Å². The number of hydrazone groups is 1. The van der Waals surface area contributed by atoms with Crippen molar-refractivity contribution >= 4 is 34.7 Å². The van der Waals surface area contributed by atoms with Gasteiger partial charge in [-0.25, -0.2) is 5.43 Å². The number of hydrogen-bond donors (Lipinski definition) is 1. The summed E-state index contributed by atoms with van der Waals surface area (Å²) in [6.45, 7) is 2.11. The van der Waals surface area contributed by atoms with E-state index in [9.17, 15) is 4.79 Å². The van der Waals surface area contributed by atoms with Crippen LogP contribution in [0, 0.1) is 3.57 Å². The zero-order valence-electron chi connectivity index (χ0n) is 11.8. The van der Waals surface area contributed by atoms with E-state index in [-0.39, 0.29) is 5.91 Å². The molecule has 0 saturated carbocycles. The van der Waals surface area contributed by atoms with E-state index in [1.165, 1.54) is 9.13 Å². The summed E-state index contributed by atoms with van der Waals surface area (Å²) in [5.74, 6) is -0.110. The maximum atomic E-state index is 11.8. The van der Waals surface area contributed by atoms with Gasteiger partial charge in [-0.1, -0.05) is 43.3 Å². The maximum Gasteiger partial charge on any atom is 0.244 e. The second-order valence-electron chi connectivity index (χ2n) is 4.69. The number of amides is 1. The van der Waals surface area contributed by atoms with E-state index in [0.29, 0.717) is 6.42 Å². The lowest BCUT2D eigenvalue weighted by atomic mass is 10.1. The molecule has 0 aliphatic heterocycles. The van der Waals surface area contributed by atoms with Crippen LogP contribution in [0.3, 0.4) is 0 Å². The molecule has 1 amide bonds. The highest BCUT2D eigenvalue weighted by Gasteiger charge is 2.01. The Bertz CT molecular complexity index is 618. The van der Waals surface area contributed by atoms with E-state index in [2.05, 4.69) is 52.2 Å². The van der Waals surface area contributed by atoms with Crippen LogP contribution >= 0.6 is 22.6 Å². The van der Waals surface area contributed by atoms with Crippen molar-refractivity contribution in [2.24, 2.45) is 5.10 Å². The molecule has 2 rings (SSSR count). The molecule has 3 nitrogen and oxygen atoms in total. The summed E-state index contributed by atoms with van der Waals surface area (Å²) in [4.78, 5) is 11.8. The lowest BCUT2D eigenvalue weighted by Crippen LogP contribution is -2.19. The van der Waals surface area contributed by atoms with Gasteiger partial charge in [0.15, 0.2) is 0 Å². The van der Waals surface area contributed by atoms with Crippen molar-refractivity contribution in [3.63, 3.8) is 0 Å². The zero-order valence-corrected chi connectivity index (χ0v) is 14.0. The van der Waals surface area contributed by atoms with Gasteiger partial charge in [-0.2, -0.15) is 5.10 Å². The minimum atomic E-state index is -0.110. The van der Waals surface area contributed by atoms with Crippen molar-refractivity contribution in [3.8, 4) is 0 Å². The summed E-state index contributed by atoms with van der Waals surface area (Å²) in [6, 6.07) is 16.0. The number of nitrogens with zero attached hydrogens (tertiary/aromatic N) is 1. The van der Waals surface area contributed by atoms with Gasteiger partial charge in [-0.15, -0.1) is 0 Å². The van der Waals surface area contributed by atoms with Gasteiger partial charge in [-0.3, -0.25) is 4.79 Å². The molecule has 108 valence electrons. The number of rotatable bonds is 5. The van der Waals surface area contributed by atoms with Gasteiger partial charge in [-0.05, 0) is 57.8 Å². The third kappa shape index (κ3) is 5.30. The van der Waals surface area contributed by atoms with Gasteiger partial charge in [0.1, 0.15) is 0 Å². The van der Waals surface area contributed by atoms with Gasteiger partial charge in [0.2, 0.25) is 5.91 Å². The van der Waals surface area contributed by atoms with Crippen LogP contribution in [0.1, 0.15) is 23.6 Å². The Morgan fingerprint density at radius 2 is 1.71 bits per heavy atom. The van der Waals surface area contributed by atoms with E-state index in [1.807, 2.05) is 36.4 Å². The molecule has 0 atom stereocenters. The molecule has 0 unspecified atom stereocenters. The second-order valence-corrected chi connectivity index (χ2v) is 5.94. The molecule has 0 radical (unpaired) electrons. The van der Waals surface area contributed by atoms with Crippen LogP contribution in [0.2, 0.25) is 0 Å². The van der Waals surface area contributed by atoms with Crippen molar-refractivity contribution in [3.05, 3.63) is 68.8 Å². The summed E-state index contributed by atoms with van der Waals surface area (Å²) >= 11 is 2.25. The normalized spacial score (nSPS) is 10.8. The molecule has 0 bridgehead atoms. The summed E-state index contributed by atoms with van der Waals surface area (Å²) in [5.41, 5.74) is 5.78. The highest BCUT2D eigenvalue weighted by molar-refractivity contribution is 14.1. The topological polar surface area (TPSA) is 41.5 Å². The molecule has 0 aromatic heterocycles. The predicted molar refractivity (Wildman–Crippen MR) is 94.4 cm³/mol. The highest BCUT2D eigenvalue weighted by atomic mass is 127. The minimum Gasteiger partial charge on any atom is -0.273 e. The average Bonchev–Trinajstić information content (AvgIpc) is 2.50. The molecule has 2 aromatic rings. The Hall–Kier alpha value is -1.69. The molecular formula is C17H17IN2O. The first-order valence-corrected chi connectivity index (χ1v) is 7.90. The third-order valence-corrected chi connectivity index (χ3v) is 3.79. The molecule has 0 fully saturated rings. The summed E-state index contributed by atoms with van der Waals surface area (Å²) in [7, 11) is 0. The fourth-order valence-electron chi connectivity index (χ4n) is 1.85. The largest absolute Gasteiger partial charge is 0.273 e. The average molecular weight is 392 g/mol. The van der Waals surface area contributed by atoms with E-state index in [1.54, 1.807) is 6.21 Å². The van der Waals surface area contributed by atoms with Crippen molar-refractivity contribution in [1.82, 2.24) is 5.43 Å². The Kier molecular flexibility index (Phi) is 5.92. The van der Waals surface area contributed by atoms with Crippen molar-refractivity contribution in [2.75, 3.05) is 0 Å². The molecule has 1 N–H and O–H groups in total. The lowest BCUT2D eigenvalue weighted by molar-refractivity contribution is -0.120. The molecule has 2 aromatic carbocycles. The van der Waals surface area contributed by atoms with Crippen molar-refractivity contribution in [1.29, 1.82) is 0 Å². The second kappa shape index (κ2) is 7.93. The maximum absolute atomic E-state index is 11.8. The standard InChI is InChI=1S/C17H17IN2O/c1-2-13-3-5-14(6-4-13)11-17(21)20-19-12-15-7-9-16(18)10-8-15/h3-10,12H,2,11H2,1H3,(H,20,21)/b19-12+. The van der Waals surface area contributed by atoms with Crippen LogP contribution in [0.15, 0.2) is 53.6 Å². The van der Waals surface area contributed by atoms with E-state index >= 15 is 0 Å². The molecule has 0 aliphatic rings. The molecule has 21 heavy (non-hydrogen) atoms. The third-order valence-electron chi connectivity index (χ3n) is 3.07. The van der Waals surface area contributed by atoms with Gasteiger partial charge >= 0.3 is 0 Å². The highest BCUT2D eigenvalue weighted by Crippen LogP contribution is 2.06. The van der Waals surface area contributed by atoms with E-state index in [4.69, 9.17) is 0 Å². The quantitative estimate of drug-likeness (QED) is 0.472. The van der Waals surface area contributed by atoms with Crippen LogP contribution in [-0.4, -0.2) is 12.1 Å². The number of halogens is 1. The van der Waals surface area contributed by atoms with Gasteiger partial charge in [0.05, 0.1) is 12.6 Å². The van der Waals surface area contributed by atoms with Crippen LogP contribution in [0.25, 0.3) is 0 Å². The van der Waals surface area contributed by atoms with Gasteiger partial charge in [0.25, 0.3) is 0 Å². The Morgan fingerprint density at radius 1 is 1.10 bits per heavy atom. The number of nitrogens with one attached hydrogen (secondary N) is 1. The van der Waals surface area contributed by atoms with Crippen molar-refractivity contribution < 1.29 is 4.79 Å². The summed E-state index contributed by atoms with van der Waals surface area (Å²) < 4.78 is 1.17. The van der Waals surface area contributed by atoms with Crippen LogP contribution in [0.5, 0.6) is 0 Å². The lowest BCUT2D eigenvalue weighted by Gasteiger charge is -2.02. The van der Waals surface area contributed by atoms with Crippen LogP contribution < -0.4 is 5.43 Å². The van der Waals surface area contributed by atoms with Crippen LogP contribution in [-0.2, 0) is 17.6 Å². The number of carbonyl (C=O) groups is 1. The predicted octanol–water partition coefficient (Wildman–Crippen LogP) is 3.55. The molecule has 0 spiro atoms. The molecule has 0 saturated heterocycles. The smallest absolute Gasteiger partial charge is 0.244 e. The zero-order chi connectivity index (χ0) is 15.1. The minimum absolute atomic E-state index is 0.110. The number of aryl methyl sites for hydroxylation is 1. The van der Waals surface area contributed by atoms with Gasteiger partial charge in [0, 0.05) is 3.57 Å². The molecular weight excluding hydrogens is 375 g/mol. The van der Waals surface area contributed by atoms with E-state index < -0.39 is 0 Å². The molecule has 0 heterocycles. The fraction of sp³-hybridized carbons (Fsp3) is 0.176. The summed E-state index contributed by atoms with van der Waals surface area (Å²) in [5, 5.41) is 3.97. The van der Waals surface area contributed by atoms with Crippen LogP contribution in [0.4, 0.5) is 0 Å². The first-order chi connectivity index (χ1) is 10.2. The first-order valence-electron chi connectivity index (χ1n) is 6.82. The Morgan fingerprint density at radius 3 is 2.33 bits per heavy atom. The SMILES string of the molecule is CCc1ccc(CC(=O)N/N=C/c2ccc(I)cc2)cc1. The number of carbonyl (C=O) groups excluding carboxylic acids is 1. The number of benzene rings is 2. The fourth-order valence-corrected chi connectivity index (χ4v) is 2.20. The van der Waals surface area contributed by atoms with Crippen molar-refractivity contribution in [2.45, 2.75) is 19.8 Å². The monoisotopic (exact) mass is 392 g/mol. The Balaban J connectivity index is 1.85. The molecule has 0 aliphatic carbocycles. The first kappa shape index (κ1) is 15.7. The molecule has 4 heteroatoms. The summed E-state index contributed by atoms with van der Waals surface area (Å²) in [6.07, 6.45) is 3.00. The van der Waals surface area contributed by atoms with Gasteiger partial charge < -0.3 is 0 Å².